The number of hydrogen-bond donors (Lipinski definition) is 2. The van der Waals surface area contributed by atoms with E-state index in [1.165, 1.54) is 30.3 Å². The molecule has 0 spiro atoms. The van der Waals surface area contributed by atoms with Gasteiger partial charge in [0.15, 0.2) is 5.69 Å². The second-order valence-corrected chi connectivity index (χ2v) is 6.53. The lowest BCUT2D eigenvalue weighted by atomic mass is 10.1. The zero-order valence-electron chi connectivity index (χ0n) is 15.7. The van der Waals surface area contributed by atoms with Crippen molar-refractivity contribution < 1.29 is 9.72 Å². The topological polar surface area (TPSA) is 157 Å². The first-order valence-corrected chi connectivity index (χ1v) is 9.00. The Kier molecular flexibility index (Phi) is 6.21. The van der Waals surface area contributed by atoms with Gasteiger partial charge in [0.1, 0.15) is 11.6 Å². The molecule has 154 valence electrons. The molecule has 2 aromatic carbocycles. The Morgan fingerprint density at radius 3 is 2.39 bits per heavy atom. The molecule has 0 bridgehead atoms. The van der Waals surface area contributed by atoms with Gasteiger partial charge in [-0.25, -0.2) is 5.84 Å². The van der Waals surface area contributed by atoms with E-state index >= 15 is 0 Å². The third kappa shape index (κ3) is 4.48. The van der Waals surface area contributed by atoms with Crippen molar-refractivity contribution in [2.45, 2.75) is 0 Å². The fourth-order valence-electron chi connectivity index (χ4n) is 2.69. The third-order valence-electron chi connectivity index (χ3n) is 4.21. The Bertz CT molecular complexity index is 1290. The smallest absolute Gasteiger partial charge is 0.289 e. The predicted molar refractivity (Wildman–Crippen MR) is 113 cm³/mol. The lowest BCUT2D eigenvalue weighted by Crippen LogP contribution is -2.35. The number of amides is 1. The van der Waals surface area contributed by atoms with Gasteiger partial charge in [-0.1, -0.05) is 35.9 Å². The number of nitro benzene ring substituents is 1. The summed E-state index contributed by atoms with van der Waals surface area (Å²) in [4.78, 5) is 35.5. The maximum atomic E-state index is 12.9. The van der Waals surface area contributed by atoms with Crippen LogP contribution in [0.5, 0.6) is 0 Å². The van der Waals surface area contributed by atoms with Gasteiger partial charge >= 0.3 is 0 Å². The van der Waals surface area contributed by atoms with Gasteiger partial charge in [0.05, 0.1) is 10.6 Å². The highest BCUT2D eigenvalue weighted by Gasteiger charge is 2.21. The van der Waals surface area contributed by atoms with Crippen LogP contribution in [0, 0.1) is 21.4 Å². The number of hydrazine groups is 1. The Labute approximate surface area is 179 Å². The SMILES string of the molecule is N#Cc1c(/C=C/c2ccc(Cl)cc2)c(C(=O)NN)nn(-c2ccc([N+](=O)[O-])cc2)c1=O. The van der Waals surface area contributed by atoms with Gasteiger partial charge in [0.25, 0.3) is 17.2 Å². The molecule has 31 heavy (non-hydrogen) atoms. The number of aromatic nitrogens is 2. The quantitative estimate of drug-likeness (QED) is 0.269. The summed E-state index contributed by atoms with van der Waals surface area (Å²) in [7, 11) is 0. The van der Waals surface area contributed by atoms with E-state index in [-0.39, 0.29) is 28.2 Å². The van der Waals surface area contributed by atoms with Crippen LogP contribution < -0.4 is 16.8 Å². The number of halogens is 1. The van der Waals surface area contributed by atoms with Crippen LogP contribution in [0.2, 0.25) is 5.02 Å². The van der Waals surface area contributed by atoms with Gasteiger partial charge in [-0.3, -0.25) is 25.1 Å². The average molecular weight is 437 g/mol. The van der Waals surface area contributed by atoms with E-state index in [1.807, 2.05) is 5.43 Å². The summed E-state index contributed by atoms with van der Waals surface area (Å²) in [6, 6.07) is 13.4. The van der Waals surface area contributed by atoms with Crippen molar-refractivity contribution in [1.82, 2.24) is 15.2 Å². The van der Waals surface area contributed by atoms with E-state index in [0.717, 1.165) is 4.68 Å². The molecular formula is C20H13ClN6O4. The zero-order chi connectivity index (χ0) is 22.5. The maximum Gasteiger partial charge on any atom is 0.290 e. The number of nitrogen functional groups attached to an aromatic ring is 1. The first-order chi connectivity index (χ1) is 14.8. The average Bonchev–Trinajstić information content (AvgIpc) is 2.78. The van der Waals surface area contributed by atoms with E-state index < -0.39 is 16.4 Å². The van der Waals surface area contributed by atoms with E-state index in [9.17, 15) is 25.0 Å². The number of non-ortho nitro benzene ring substituents is 1. The van der Waals surface area contributed by atoms with E-state index in [2.05, 4.69) is 5.10 Å². The highest BCUT2D eigenvalue weighted by atomic mass is 35.5. The Balaban J connectivity index is 2.19. The summed E-state index contributed by atoms with van der Waals surface area (Å²) < 4.78 is 0.812. The Morgan fingerprint density at radius 2 is 1.84 bits per heavy atom. The molecule has 0 saturated heterocycles. The number of nitrogens with zero attached hydrogens (tertiary/aromatic N) is 4. The van der Waals surface area contributed by atoms with Crippen LogP contribution in [0.25, 0.3) is 17.8 Å². The number of nitro groups is 1. The summed E-state index contributed by atoms with van der Waals surface area (Å²) in [5.41, 5.74) is 1.12. The van der Waals surface area contributed by atoms with Crippen molar-refractivity contribution >= 4 is 35.3 Å². The normalized spacial score (nSPS) is 10.6. The molecule has 3 N–H and O–H groups in total. The standard InChI is InChI=1S/C20H13ClN6O4/c21-13-4-1-12(2-5-13)3-10-16-17(11-22)20(29)26(25-18(16)19(28)24-23)14-6-8-15(9-7-14)27(30)31/h1-10H,23H2,(H,24,28)/b10-3+. The number of nitriles is 1. The van der Waals surface area contributed by atoms with Crippen molar-refractivity contribution in [3.8, 4) is 11.8 Å². The number of rotatable bonds is 5. The van der Waals surface area contributed by atoms with Crippen LogP contribution in [-0.4, -0.2) is 20.6 Å². The van der Waals surface area contributed by atoms with Crippen LogP contribution in [0.3, 0.4) is 0 Å². The molecule has 0 radical (unpaired) electrons. The number of hydrogen-bond acceptors (Lipinski definition) is 7. The van der Waals surface area contributed by atoms with Crippen molar-refractivity contribution in [3.05, 3.63) is 96.4 Å². The van der Waals surface area contributed by atoms with Crippen molar-refractivity contribution in [2.75, 3.05) is 0 Å². The predicted octanol–water partition coefficient (Wildman–Crippen LogP) is 2.44. The zero-order valence-corrected chi connectivity index (χ0v) is 16.4. The molecule has 0 aliphatic rings. The summed E-state index contributed by atoms with van der Waals surface area (Å²) >= 11 is 5.86. The van der Waals surface area contributed by atoms with E-state index in [1.54, 1.807) is 36.4 Å². The van der Waals surface area contributed by atoms with Gasteiger partial charge in [-0.05, 0) is 29.8 Å². The minimum atomic E-state index is -0.831. The van der Waals surface area contributed by atoms with Crippen molar-refractivity contribution in [3.63, 3.8) is 0 Å². The second kappa shape index (κ2) is 9.00. The van der Waals surface area contributed by atoms with Crippen molar-refractivity contribution in [1.29, 1.82) is 5.26 Å². The van der Waals surface area contributed by atoms with Gasteiger partial charge < -0.3 is 0 Å². The summed E-state index contributed by atoms with van der Waals surface area (Å²) in [5.74, 6) is 4.41. The van der Waals surface area contributed by atoms with E-state index in [0.29, 0.717) is 10.6 Å². The van der Waals surface area contributed by atoms with E-state index in [4.69, 9.17) is 17.4 Å². The van der Waals surface area contributed by atoms with Gasteiger partial charge in [-0.15, -0.1) is 0 Å². The maximum absolute atomic E-state index is 12.9. The number of nitrogens with one attached hydrogen (secondary N) is 1. The molecule has 0 atom stereocenters. The van der Waals surface area contributed by atoms with Gasteiger partial charge in [-0.2, -0.15) is 15.0 Å². The molecule has 0 aliphatic heterocycles. The molecule has 1 aromatic heterocycles. The summed E-state index contributed by atoms with van der Waals surface area (Å²) in [6.07, 6.45) is 2.98. The monoisotopic (exact) mass is 436 g/mol. The number of nitrogens with two attached hydrogens (primary N) is 1. The Morgan fingerprint density at radius 1 is 1.19 bits per heavy atom. The molecule has 0 fully saturated rings. The van der Waals surface area contributed by atoms with Gasteiger partial charge in [0.2, 0.25) is 0 Å². The molecule has 1 amide bonds. The largest absolute Gasteiger partial charge is 0.290 e. The number of benzene rings is 2. The molecule has 1 heterocycles. The Hall–Kier alpha value is -4.33. The van der Waals surface area contributed by atoms with Crippen LogP contribution in [0.15, 0.2) is 53.3 Å². The van der Waals surface area contributed by atoms with Crippen LogP contribution in [-0.2, 0) is 0 Å². The molecule has 0 saturated carbocycles. The molecule has 0 unspecified atom stereocenters. The first kappa shape index (κ1) is 21.4. The van der Waals surface area contributed by atoms with Gasteiger partial charge in [0, 0.05) is 22.7 Å². The minimum absolute atomic E-state index is 0.0245. The third-order valence-corrected chi connectivity index (χ3v) is 4.46. The highest BCUT2D eigenvalue weighted by molar-refractivity contribution is 6.30. The van der Waals surface area contributed by atoms with Crippen LogP contribution in [0.1, 0.15) is 27.2 Å². The summed E-state index contributed by atoms with van der Waals surface area (Å²) in [5, 5.41) is 25.0. The highest BCUT2D eigenvalue weighted by Crippen LogP contribution is 2.18. The molecular weight excluding hydrogens is 424 g/mol. The molecule has 0 aliphatic carbocycles. The van der Waals surface area contributed by atoms with Crippen LogP contribution >= 0.6 is 11.6 Å². The lowest BCUT2D eigenvalue weighted by Gasteiger charge is -2.11. The fraction of sp³-hybridized carbons (Fsp3) is 0. The number of carbonyl (C=O) groups is 1. The summed E-state index contributed by atoms with van der Waals surface area (Å²) in [6.45, 7) is 0. The van der Waals surface area contributed by atoms with Crippen molar-refractivity contribution in [2.24, 2.45) is 5.84 Å². The molecule has 3 aromatic rings. The first-order valence-electron chi connectivity index (χ1n) is 8.62. The number of carbonyl (C=O) groups excluding carboxylic acids is 1. The fourth-order valence-corrected chi connectivity index (χ4v) is 2.82. The molecule has 11 heteroatoms. The minimum Gasteiger partial charge on any atom is -0.289 e. The molecule has 3 rings (SSSR count). The van der Waals surface area contributed by atoms with Crippen LogP contribution in [0.4, 0.5) is 5.69 Å². The lowest BCUT2D eigenvalue weighted by molar-refractivity contribution is -0.384. The molecule has 10 nitrogen and oxygen atoms in total. The second-order valence-electron chi connectivity index (χ2n) is 6.10.